The van der Waals surface area contributed by atoms with E-state index in [2.05, 4.69) is 15.0 Å². The summed E-state index contributed by atoms with van der Waals surface area (Å²) in [5, 5.41) is -0.279. The third-order valence-corrected chi connectivity index (χ3v) is 3.88. The molecule has 0 aliphatic carbocycles. The van der Waals surface area contributed by atoms with Gasteiger partial charge < -0.3 is 9.72 Å². The van der Waals surface area contributed by atoms with Gasteiger partial charge in [-0.25, -0.2) is 9.97 Å². The molecule has 3 aromatic rings. The fourth-order valence-corrected chi connectivity index (χ4v) is 2.42. The normalized spacial score (nSPS) is 12.6. The minimum absolute atomic E-state index is 0.121. The van der Waals surface area contributed by atoms with Crippen molar-refractivity contribution in [2.75, 3.05) is 0 Å². The molecule has 4 nitrogen and oxygen atoms in total. The Morgan fingerprint density at radius 1 is 1.08 bits per heavy atom. The van der Waals surface area contributed by atoms with E-state index >= 15 is 0 Å². The van der Waals surface area contributed by atoms with Crippen molar-refractivity contribution in [2.24, 2.45) is 0 Å². The molecule has 132 valence electrons. The lowest BCUT2D eigenvalue weighted by atomic mass is 10.3. The quantitative estimate of drug-likeness (QED) is 0.489. The molecular weight excluding hydrogens is 425 g/mol. The number of pyridine rings is 1. The van der Waals surface area contributed by atoms with Gasteiger partial charge in [0.2, 0.25) is 9.67 Å². The monoisotopic (exact) mass is 429 g/mol. The molecule has 11 heteroatoms. The van der Waals surface area contributed by atoms with Crippen LogP contribution in [-0.4, -0.2) is 15.0 Å². The number of hydrogen-bond acceptors (Lipinski definition) is 3. The largest absolute Gasteiger partial charge is 0.437 e. The third kappa shape index (κ3) is 4.06. The van der Waals surface area contributed by atoms with Crippen molar-refractivity contribution < 1.29 is 17.9 Å². The second kappa shape index (κ2) is 6.39. The summed E-state index contributed by atoms with van der Waals surface area (Å²) < 4.78 is 41.5. The van der Waals surface area contributed by atoms with Crippen molar-refractivity contribution in [3.05, 3.63) is 46.9 Å². The summed E-state index contributed by atoms with van der Waals surface area (Å²) in [6.07, 6.45) is -3.91. The zero-order valence-corrected chi connectivity index (χ0v) is 14.9. The lowest BCUT2D eigenvalue weighted by Gasteiger charge is -2.10. The molecule has 0 spiro atoms. The van der Waals surface area contributed by atoms with Gasteiger partial charge in [0.05, 0.1) is 16.6 Å². The SMILES string of the molecule is FC(F)(F)c1cnc(Oc2ccc3[nH]c(C(Cl)(Cl)Cl)nc3c2)c(Cl)c1. The fraction of sp³-hybridized carbons (Fsp3) is 0.143. The van der Waals surface area contributed by atoms with Crippen LogP contribution in [0.15, 0.2) is 30.5 Å². The molecule has 0 saturated heterocycles. The van der Waals surface area contributed by atoms with Crippen LogP contribution in [0, 0.1) is 0 Å². The predicted molar refractivity (Wildman–Crippen MR) is 89.7 cm³/mol. The number of aromatic amines is 1. The zero-order chi connectivity index (χ0) is 18.4. The van der Waals surface area contributed by atoms with Gasteiger partial charge in [-0.1, -0.05) is 46.4 Å². The Balaban J connectivity index is 1.90. The second-order valence-electron chi connectivity index (χ2n) is 4.87. The number of alkyl halides is 6. The molecule has 0 atom stereocenters. The second-order valence-corrected chi connectivity index (χ2v) is 7.56. The molecule has 3 rings (SSSR count). The Morgan fingerprint density at radius 3 is 2.40 bits per heavy atom. The third-order valence-electron chi connectivity index (χ3n) is 3.07. The molecule has 1 N–H and O–H groups in total. The summed E-state index contributed by atoms with van der Waals surface area (Å²) in [5.74, 6) is 0.200. The maximum atomic E-state index is 12.6. The van der Waals surface area contributed by atoms with Crippen LogP contribution in [0.2, 0.25) is 5.02 Å². The van der Waals surface area contributed by atoms with Crippen molar-refractivity contribution in [3.63, 3.8) is 0 Å². The molecule has 0 amide bonds. The molecule has 0 fully saturated rings. The smallest absolute Gasteiger partial charge is 0.417 e. The topological polar surface area (TPSA) is 50.8 Å². The van der Waals surface area contributed by atoms with Gasteiger partial charge in [-0.15, -0.1) is 0 Å². The van der Waals surface area contributed by atoms with Gasteiger partial charge in [-0.2, -0.15) is 13.2 Å². The summed E-state index contributed by atoms with van der Waals surface area (Å²) in [4.78, 5) is 10.6. The van der Waals surface area contributed by atoms with Gasteiger partial charge in [0.25, 0.3) is 0 Å². The Hall–Kier alpha value is -1.41. The van der Waals surface area contributed by atoms with Crippen LogP contribution in [0.4, 0.5) is 13.2 Å². The number of ether oxygens (including phenoxy) is 1. The van der Waals surface area contributed by atoms with Gasteiger partial charge >= 0.3 is 6.18 Å². The molecule has 0 bridgehead atoms. The summed E-state index contributed by atoms with van der Waals surface area (Å²) in [7, 11) is 0. The Morgan fingerprint density at radius 2 is 1.80 bits per heavy atom. The molecule has 0 aliphatic heterocycles. The highest BCUT2D eigenvalue weighted by atomic mass is 35.6. The highest BCUT2D eigenvalue weighted by Crippen LogP contribution is 2.38. The van der Waals surface area contributed by atoms with Gasteiger partial charge in [0.1, 0.15) is 10.8 Å². The van der Waals surface area contributed by atoms with E-state index in [4.69, 9.17) is 51.1 Å². The number of rotatable bonds is 2. The standard InChI is InChI=1S/C14H6Cl4F3N3O/c15-8-3-6(14(19,20)21)5-22-11(8)25-7-1-2-9-10(4-7)24-12(23-9)13(16,17)18/h1-5H,(H,23,24). The number of halogens is 7. The van der Waals surface area contributed by atoms with E-state index in [0.29, 0.717) is 17.2 Å². The molecular formula is C14H6Cl4F3N3O. The number of fused-ring (bicyclic) bond motifs is 1. The van der Waals surface area contributed by atoms with Gasteiger partial charge in [0.15, 0.2) is 5.82 Å². The first-order chi connectivity index (χ1) is 11.5. The van der Waals surface area contributed by atoms with Crippen LogP contribution in [-0.2, 0) is 9.97 Å². The van der Waals surface area contributed by atoms with Crippen LogP contribution in [0.3, 0.4) is 0 Å². The predicted octanol–water partition coefficient (Wildman–Crippen LogP) is 6.25. The summed E-state index contributed by atoms with van der Waals surface area (Å²) in [6, 6.07) is 5.38. The van der Waals surface area contributed by atoms with Crippen molar-refractivity contribution in [1.29, 1.82) is 0 Å². The number of hydrogen-bond donors (Lipinski definition) is 1. The van der Waals surface area contributed by atoms with E-state index in [1.807, 2.05) is 0 Å². The lowest BCUT2D eigenvalue weighted by Crippen LogP contribution is -2.05. The van der Waals surface area contributed by atoms with E-state index in [9.17, 15) is 13.2 Å². The number of nitrogens with one attached hydrogen (secondary N) is 1. The highest BCUT2D eigenvalue weighted by molar-refractivity contribution is 6.66. The molecule has 25 heavy (non-hydrogen) atoms. The summed E-state index contributed by atoms with van der Waals surface area (Å²) >= 11 is 23.1. The lowest BCUT2D eigenvalue weighted by molar-refractivity contribution is -0.137. The van der Waals surface area contributed by atoms with E-state index in [1.165, 1.54) is 6.07 Å². The fourth-order valence-electron chi connectivity index (χ4n) is 1.95. The van der Waals surface area contributed by atoms with Crippen LogP contribution in [0.1, 0.15) is 11.4 Å². The maximum absolute atomic E-state index is 12.6. The number of imidazole rings is 1. The molecule has 2 heterocycles. The first-order valence-electron chi connectivity index (χ1n) is 6.51. The van der Waals surface area contributed by atoms with Gasteiger partial charge in [-0.05, 0) is 18.2 Å². The van der Waals surface area contributed by atoms with Crippen molar-refractivity contribution in [1.82, 2.24) is 15.0 Å². The number of aromatic nitrogens is 3. The van der Waals surface area contributed by atoms with Crippen molar-refractivity contribution in [2.45, 2.75) is 9.97 Å². The number of H-pyrrole nitrogens is 1. The average Bonchev–Trinajstić information content (AvgIpc) is 2.91. The maximum Gasteiger partial charge on any atom is 0.417 e. The van der Waals surface area contributed by atoms with Crippen molar-refractivity contribution >= 4 is 57.4 Å². The average molecular weight is 431 g/mol. The van der Waals surface area contributed by atoms with E-state index in [0.717, 1.165) is 6.07 Å². The molecule has 0 saturated carbocycles. The summed E-state index contributed by atoms with van der Waals surface area (Å²) in [6.45, 7) is 0. The van der Waals surface area contributed by atoms with E-state index in [1.54, 1.807) is 12.1 Å². The summed E-state index contributed by atoms with van der Waals surface area (Å²) in [5.41, 5.74) is 0.0435. The molecule has 0 unspecified atom stereocenters. The minimum atomic E-state index is -4.54. The minimum Gasteiger partial charge on any atom is -0.437 e. The number of nitrogens with zero attached hydrogens (tertiary/aromatic N) is 2. The molecule has 1 aromatic carbocycles. The molecule has 2 aromatic heterocycles. The Bertz CT molecular complexity index is 937. The molecule has 0 radical (unpaired) electrons. The van der Waals surface area contributed by atoms with Crippen LogP contribution >= 0.6 is 46.4 Å². The molecule has 0 aliphatic rings. The number of benzene rings is 1. The van der Waals surface area contributed by atoms with Crippen LogP contribution in [0.5, 0.6) is 11.6 Å². The van der Waals surface area contributed by atoms with Crippen LogP contribution < -0.4 is 4.74 Å². The highest BCUT2D eigenvalue weighted by Gasteiger charge is 2.32. The zero-order valence-electron chi connectivity index (χ0n) is 11.8. The van der Waals surface area contributed by atoms with E-state index < -0.39 is 15.5 Å². The first kappa shape index (κ1) is 18.4. The van der Waals surface area contributed by atoms with Crippen LogP contribution in [0.25, 0.3) is 11.0 Å². The van der Waals surface area contributed by atoms with Gasteiger partial charge in [-0.3, -0.25) is 0 Å². The van der Waals surface area contributed by atoms with Gasteiger partial charge in [0, 0.05) is 12.3 Å². The Kier molecular flexibility index (Phi) is 4.70. The van der Waals surface area contributed by atoms with E-state index in [-0.39, 0.29) is 22.5 Å². The Labute approximate surface area is 158 Å². The van der Waals surface area contributed by atoms with Crippen molar-refractivity contribution in [3.8, 4) is 11.6 Å². The first-order valence-corrected chi connectivity index (χ1v) is 8.03.